The van der Waals surface area contributed by atoms with E-state index < -0.39 is 0 Å². The van der Waals surface area contributed by atoms with Crippen molar-refractivity contribution in [1.82, 2.24) is 14.7 Å². The molecule has 3 amide bonds. The van der Waals surface area contributed by atoms with Crippen molar-refractivity contribution in [3.05, 3.63) is 107 Å². The Balaban J connectivity index is 1.19. The van der Waals surface area contributed by atoms with E-state index in [-0.39, 0.29) is 23.0 Å². The molecule has 0 saturated carbocycles. The number of piperidine rings is 1. The van der Waals surface area contributed by atoms with Crippen LogP contribution in [0.15, 0.2) is 78.9 Å². The molecule has 4 aromatic rings. The van der Waals surface area contributed by atoms with Crippen LogP contribution in [-0.4, -0.2) is 45.3 Å². The maximum atomic E-state index is 13.4. The molecule has 0 bridgehead atoms. The van der Waals surface area contributed by atoms with Crippen molar-refractivity contribution in [3.63, 3.8) is 0 Å². The van der Waals surface area contributed by atoms with E-state index in [2.05, 4.69) is 37.5 Å². The minimum Gasteiger partial charge on any atom is -0.371 e. The number of carbonyl (C=O) groups excluding carboxylic acids is 2. The second-order valence-corrected chi connectivity index (χ2v) is 14.7. The number of aromatic nitrogens is 2. The van der Waals surface area contributed by atoms with Gasteiger partial charge in [0.25, 0.3) is 5.91 Å². The normalized spacial score (nSPS) is 14.2. The predicted octanol–water partition coefficient (Wildman–Crippen LogP) is 8.53. The number of likely N-dealkylation sites (tertiary alicyclic amines) is 1. The molecule has 1 aliphatic heterocycles. The minimum absolute atomic E-state index is 0.0740. The number of hydrogen-bond acceptors (Lipinski definition) is 4. The number of aryl methyl sites for hydroxylation is 1. The maximum Gasteiger partial charge on any atom is 0.324 e. The zero-order valence-corrected chi connectivity index (χ0v) is 28.9. The lowest BCUT2D eigenvalue weighted by molar-refractivity contribution is -0.0149. The van der Waals surface area contributed by atoms with Crippen LogP contribution in [-0.2, 0) is 23.2 Å². The fraction of sp³-hybridized carbons (Fsp3) is 0.410. The van der Waals surface area contributed by atoms with Crippen molar-refractivity contribution in [1.29, 1.82) is 0 Å². The van der Waals surface area contributed by atoms with E-state index in [1.54, 1.807) is 4.68 Å². The lowest BCUT2D eigenvalue weighted by Gasteiger charge is -2.32. The maximum absolute atomic E-state index is 13.4. The average Bonchev–Trinajstić information content (AvgIpc) is 3.45. The summed E-state index contributed by atoms with van der Waals surface area (Å²) in [6.45, 7) is 16.4. The Kier molecular flexibility index (Phi) is 10.2. The molecule has 0 atom stereocenters. The Morgan fingerprint density at radius 1 is 0.872 bits per heavy atom. The lowest BCUT2D eigenvalue weighted by atomic mass is 9.89. The van der Waals surface area contributed by atoms with Gasteiger partial charge in [0.05, 0.1) is 23.6 Å². The summed E-state index contributed by atoms with van der Waals surface area (Å²) in [5.74, 6) is 1.10. The van der Waals surface area contributed by atoms with Crippen molar-refractivity contribution in [3.8, 4) is 5.69 Å². The van der Waals surface area contributed by atoms with E-state index in [9.17, 15) is 9.59 Å². The molecule has 2 N–H and O–H groups in total. The van der Waals surface area contributed by atoms with Gasteiger partial charge in [0, 0.05) is 35.8 Å². The molecule has 47 heavy (non-hydrogen) atoms. The highest BCUT2D eigenvalue weighted by Crippen LogP contribution is 2.29. The highest BCUT2D eigenvalue weighted by atomic mass is 16.5. The van der Waals surface area contributed by atoms with E-state index >= 15 is 0 Å². The molecule has 1 saturated heterocycles. The van der Waals surface area contributed by atoms with Crippen molar-refractivity contribution in [2.24, 2.45) is 5.92 Å². The first-order chi connectivity index (χ1) is 22.2. The second-order valence-electron chi connectivity index (χ2n) is 14.7. The van der Waals surface area contributed by atoms with Gasteiger partial charge >= 0.3 is 6.03 Å². The molecule has 248 valence electrons. The number of carbonyl (C=O) groups is 2. The fourth-order valence-corrected chi connectivity index (χ4v) is 5.69. The van der Waals surface area contributed by atoms with Crippen LogP contribution < -0.4 is 10.6 Å². The first kappa shape index (κ1) is 33.9. The number of ether oxygens (including phenoxy) is 1. The molecule has 0 unspecified atom stereocenters. The van der Waals surface area contributed by atoms with Gasteiger partial charge in [-0.2, -0.15) is 5.10 Å². The number of anilines is 2. The molecule has 1 fully saturated rings. The zero-order valence-electron chi connectivity index (χ0n) is 28.9. The third-order valence-corrected chi connectivity index (χ3v) is 8.55. The first-order valence-corrected chi connectivity index (χ1v) is 16.6. The van der Waals surface area contributed by atoms with Gasteiger partial charge in [-0.1, -0.05) is 68.8 Å². The van der Waals surface area contributed by atoms with E-state index in [1.807, 2.05) is 105 Å². The number of urea groups is 1. The summed E-state index contributed by atoms with van der Waals surface area (Å²) in [7, 11) is 0. The van der Waals surface area contributed by atoms with Gasteiger partial charge in [-0.05, 0) is 94.3 Å². The standard InChI is InChI=1S/C39H49N5O3/c1-27-12-18-32(19-13-27)44-35(25-34(42-44)38(2,3)4)41-37(46)40-33-11-9-8-10-31(33)24-28-20-22-43(23-21-28)36(45)30-16-14-29(15-17-30)26-47-39(5,6)7/h8-19,25,28H,20-24,26H2,1-7H3,(H2,40,41,46). The van der Waals surface area contributed by atoms with Crippen LogP contribution in [0.5, 0.6) is 0 Å². The number of rotatable bonds is 8. The molecular weight excluding hydrogens is 586 g/mol. The summed E-state index contributed by atoms with van der Waals surface area (Å²) in [5.41, 5.74) is 6.19. The molecule has 5 rings (SSSR count). The van der Waals surface area contributed by atoms with E-state index in [1.165, 1.54) is 0 Å². The van der Waals surface area contributed by atoms with Crippen LogP contribution >= 0.6 is 0 Å². The van der Waals surface area contributed by atoms with Gasteiger partial charge in [0.2, 0.25) is 0 Å². The van der Waals surface area contributed by atoms with Crippen molar-refractivity contribution in [2.75, 3.05) is 23.7 Å². The highest BCUT2D eigenvalue weighted by Gasteiger charge is 2.25. The summed E-state index contributed by atoms with van der Waals surface area (Å²) >= 11 is 0. The predicted molar refractivity (Wildman–Crippen MR) is 189 cm³/mol. The molecule has 8 heteroatoms. The van der Waals surface area contributed by atoms with Crippen molar-refractivity contribution in [2.45, 2.75) is 85.4 Å². The number of benzene rings is 3. The van der Waals surface area contributed by atoms with Gasteiger partial charge < -0.3 is 15.0 Å². The number of nitrogens with one attached hydrogen (secondary N) is 2. The van der Waals surface area contributed by atoms with Gasteiger partial charge in [0.1, 0.15) is 5.82 Å². The molecular formula is C39H49N5O3. The van der Waals surface area contributed by atoms with Crippen molar-refractivity contribution >= 4 is 23.4 Å². The Hall–Kier alpha value is -4.43. The molecule has 1 aromatic heterocycles. The fourth-order valence-electron chi connectivity index (χ4n) is 5.69. The van der Waals surface area contributed by atoms with Crippen LogP contribution in [0.1, 0.15) is 87.1 Å². The number of hydrogen-bond donors (Lipinski definition) is 2. The molecule has 1 aliphatic rings. The zero-order chi connectivity index (χ0) is 33.8. The Labute approximate surface area is 279 Å². The van der Waals surface area contributed by atoms with Gasteiger partial charge in [-0.15, -0.1) is 0 Å². The SMILES string of the molecule is Cc1ccc(-n2nc(C(C)(C)C)cc2NC(=O)Nc2ccccc2CC2CCN(C(=O)c3ccc(COC(C)(C)C)cc3)CC2)cc1. The smallest absolute Gasteiger partial charge is 0.324 e. The number of para-hydroxylation sites is 1. The highest BCUT2D eigenvalue weighted by molar-refractivity contribution is 6.00. The summed E-state index contributed by atoms with van der Waals surface area (Å²) in [4.78, 5) is 28.6. The molecule has 0 radical (unpaired) electrons. The average molecular weight is 636 g/mol. The largest absolute Gasteiger partial charge is 0.371 e. The van der Waals surface area contributed by atoms with Gasteiger partial charge in [-0.25, -0.2) is 9.48 Å². The Morgan fingerprint density at radius 3 is 2.17 bits per heavy atom. The lowest BCUT2D eigenvalue weighted by Crippen LogP contribution is -2.39. The molecule has 8 nitrogen and oxygen atoms in total. The van der Waals surface area contributed by atoms with Gasteiger partial charge in [-0.3, -0.25) is 10.1 Å². The summed E-state index contributed by atoms with van der Waals surface area (Å²) < 4.78 is 7.65. The summed E-state index contributed by atoms with van der Waals surface area (Å²) in [5, 5.41) is 11.0. The third kappa shape index (κ3) is 9.10. The third-order valence-electron chi connectivity index (χ3n) is 8.55. The van der Waals surface area contributed by atoms with Crippen LogP contribution in [0.25, 0.3) is 5.69 Å². The topological polar surface area (TPSA) is 88.5 Å². The van der Waals surface area contributed by atoms with Crippen LogP contribution in [0.2, 0.25) is 0 Å². The van der Waals surface area contributed by atoms with E-state index in [0.29, 0.717) is 37.0 Å². The van der Waals surface area contributed by atoms with Crippen LogP contribution in [0, 0.1) is 12.8 Å². The number of nitrogens with zero attached hydrogens (tertiary/aromatic N) is 3. The summed E-state index contributed by atoms with van der Waals surface area (Å²) in [6.07, 6.45) is 2.65. The first-order valence-electron chi connectivity index (χ1n) is 16.6. The van der Waals surface area contributed by atoms with E-state index in [0.717, 1.165) is 53.0 Å². The van der Waals surface area contributed by atoms with Crippen LogP contribution in [0.4, 0.5) is 16.3 Å². The Bertz CT molecular complexity index is 1670. The van der Waals surface area contributed by atoms with Crippen LogP contribution in [0.3, 0.4) is 0 Å². The second kappa shape index (κ2) is 14.1. The number of amides is 3. The summed E-state index contributed by atoms with van der Waals surface area (Å²) in [6, 6.07) is 25.4. The monoisotopic (exact) mass is 635 g/mol. The molecule has 0 aliphatic carbocycles. The van der Waals surface area contributed by atoms with E-state index in [4.69, 9.17) is 9.84 Å². The van der Waals surface area contributed by atoms with Gasteiger partial charge in [0.15, 0.2) is 0 Å². The Morgan fingerprint density at radius 2 is 1.53 bits per heavy atom. The molecule has 2 heterocycles. The quantitative estimate of drug-likeness (QED) is 0.203. The molecule has 3 aromatic carbocycles. The van der Waals surface area contributed by atoms with Crippen molar-refractivity contribution < 1.29 is 14.3 Å². The minimum atomic E-state index is -0.317. The molecule has 0 spiro atoms.